The molecule has 0 radical (unpaired) electrons. The molecule has 3 saturated heterocycles. The maximum absolute atomic E-state index is 13.4. The second-order valence-electron chi connectivity index (χ2n) is 13.0. The number of carbonyl (C=O) groups excluding carboxylic acids is 1. The summed E-state index contributed by atoms with van der Waals surface area (Å²) in [6.07, 6.45) is 8.35. The maximum atomic E-state index is 13.4. The second kappa shape index (κ2) is 11.9. The summed E-state index contributed by atoms with van der Waals surface area (Å²) in [5.74, 6) is 1.28. The molecular formula is C36H39N7O3. The Morgan fingerprint density at radius 2 is 1.83 bits per heavy atom. The molecule has 3 aliphatic heterocycles. The summed E-state index contributed by atoms with van der Waals surface area (Å²) in [5.41, 5.74) is 2.72. The predicted molar refractivity (Wildman–Crippen MR) is 178 cm³/mol. The molecule has 5 aromatic rings. The first kappa shape index (κ1) is 28.8. The van der Waals surface area contributed by atoms with Crippen LogP contribution < -0.4 is 9.64 Å². The molecule has 3 atom stereocenters. The summed E-state index contributed by atoms with van der Waals surface area (Å²) >= 11 is 0. The summed E-state index contributed by atoms with van der Waals surface area (Å²) in [5, 5.41) is 17.8. The fourth-order valence-electron chi connectivity index (χ4n) is 7.71. The summed E-state index contributed by atoms with van der Waals surface area (Å²) < 4.78 is 8.15. The van der Waals surface area contributed by atoms with Crippen LogP contribution in [0.5, 0.6) is 11.8 Å². The lowest BCUT2D eigenvalue weighted by molar-refractivity contribution is -0.134. The minimum absolute atomic E-state index is 0.142. The highest BCUT2D eigenvalue weighted by atomic mass is 16.5. The van der Waals surface area contributed by atoms with Crippen LogP contribution in [0.25, 0.3) is 32.8 Å². The highest BCUT2D eigenvalue weighted by Gasteiger charge is 2.43. The number of ether oxygens (including phenoxy) is 1. The van der Waals surface area contributed by atoms with Gasteiger partial charge >= 0.3 is 6.01 Å². The van der Waals surface area contributed by atoms with Crippen LogP contribution in [0.2, 0.25) is 0 Å². The zero-order chi connectivity index (χ0) is 31.2. The van der Waals surface area contributed by atoms with Crippen molar-refractivity contribution in [1.82, 2.24) is 29.5 Å². The molecule has 10 nitrogen and oxygen atoms in total. The Balaban J connectivity index is 1.12. The van der Waals surface area contributed by atoms with Gasteiger partial charge < -0.3 is 24.5 Å². The van der Waals surface area contributed by atoms with Crippen molar-refractivity contribution in [2.45, 2.75) is 56.8 Å². The summed E-state index contributed by atoms with van der Waals surface area (Å²) in [6, 6.07) is 20.9. The van der Waals surface area contributed by atoms with E-state index in [1.165, 1.54) is 6.42 Å². The average Bonchev–Trinajstić information content (AvgIpc) is 3.81. The van der Waals surface area contributed by atoms with E-state index in [1.807, 2.05) is 41.2 Å². The Morgan fingerprint density at radius 1 is 0.978 bits per heavy atom. The van der Waals surface area contributed by atoms with Crippen LogP contribution in [0, 0.1) is 0 Å². The zero-order valence-corrected chi connectivity index (χ0v) is 26.1. The Morgan fingerprint density at radius 3 is 2.61 bits per heavy atom. The van der Waals surface area contributed by atoms with Gasteiger partial charge in [-0.05, 0) is 91.5 Å². The molecule has 5 heterocycles. The van der Waals surface area contributed by atoms with E-state index in [-0.39, 0.29) is 23.7 Å². The lowest BCUT2D eigenvalue weighted by Gasteiger charge is -2.42. The number of anilines is 1. The van der Waals surface area contributed by atoms with E-state index in [9.17, 15) is 9.90 Å². The molecule has 3 aliphatic rings. The standard InChI is InChI=1S/C36H39N7O3/c1-40-15-4-7-28(40)23-46-36-38-33-19-25(32-20-29(44)18-24-6-2-3-8-30(24)32)9-12-31(33)35(39-36)41-21-26-10-11-27(22-41)43(26)34(45)13-17-42-16-5-14-37-42/h2-3,5-6,8-9,12,14,16,18-20,26-28,44H,4,7,10-11,13,15,17,21-23H2,1H3/t26-,27+,28-/m0/s1. The molecule has 8 rings (SSSR count). The molecule has 46 heavy (non-hydrogen) atoms. The van der Waals surface area contributed by atoms with Crippen LogP contribution in [0.3, 0.4) is 0 Å². The van der Waals surface area contributed by atoms with Gasteiger partial charge in [0.1, 0.15) is 18.2 Å². The third-order valence-electron chi connectivity index (χ3n) is 10.1. The summed E-state index contributed by atoms with van der Waals surface area (Å²) in [6.45, 7) is 3.66. The van der Waals surface area contributed by atoms with Crippen molar-refractivity contribution in [1.29, 1.82) is 0 Å². The average molecular weight is 618 g/mol. The van der Waals surface area contributed by atoms with Gasteiger partial charge in [-0.3, -0.25) is 9.48 Å². The second-order valence-corrected chi connectivity index (χ2v) is 13.0. The number of aryl methyl sites for hydroxylation is 1. The third-order valence-corrected chi connectivity index (χ3v) is 10.1. The molecule has 1 N–H and O–H groups in total. The Labute approximate surface area is 268 Å². The van der Waals surface area contributed by atoms with Gasteiger partial charge in [0.25, 0.3) is 0 Å². The first-order valence-corrected chi connectivity index (χ1v) is 16.4. The quantitative estimate of drug-likeness (QED) is 0.257. The highest BCUT2D eigenvalue weighted by Crippen LogP contribution is 2.38. The molecule has 10 heteroatoms. The Kier molecular flexibility index (Phi) is 7.44. The van der Waals surface area contributed by atoms with Crippen molar-refractivity contribution in [2.24, 2.45) is 0 Å². The molecule has 0 aliphatic carbocycles. The van der Waals surface area contributed by atoms with E-state index in [0.717, 1.165) is 77.5 Å². The largest absolute Gasteiger partial charge is 0.508 e. The number of hydrogen-bond donors (Lipinski definition) is 1. The minimum Gasteiger partial charge on any atom is -0.508 e. The van der Waals surface area contributed by atoms with Crippen molar-refractivity contribution in [3.05, 3.63) is 73.1 Å². The number of aromatic hydroxyl groups is 1. The van der Waals surface area contributed by atoms with Crippen LogP contribution in [0.4, 0.5) is 5.82 Å². The van der Waals surface area contributed by atoms with Gasteiger partial charge in [-0.1, -0.05) is 30.3 Å². The number of benzene rings is 3. The molecule has 0 spiro atoms. The number of likely N-dealkylation sites (N-methyl/N-ethyl adjacent to an activating group) is 1. The Bertz CT molecular complexity index is 1880. The number of rotatable bonds is 8. The number of nitrogens with zero attached hydrogens (tertiary/aromatic N) is 7. The fourth-order valence-corrected chi connectivity index (χ4v) is 7.71. The van der Waals surface area contributed by atoms with Crippen molar-refractivity contribution in [3.8, 4) is 22.9 Å². The minimum atomic E-state index is 0.142. The first-order chi connectivity index (χ1) is 22.5. The van der Waals surface area contributed by atoms with Gasteiger partial charge in [0, 0.05) is 62.0 Å². The van der Waals surface area contributed by atoms with E-state index in [2.05, 4.69) is 51.1 Å². The number of aromatic nitrogens is 4. The molecule has 3 fully saturated rings. The summed E-state index contributed by atoms with van der Waals surface area (Å²) in [4.78, 5) is 30.2. The normalized spacial score (nSPS) is 21.5. The van der Waals surface area contributed by atoms with E-state index < -0.39 is 0 Å². The molecule has 2 bridgehead atoms. The third kappa shape index (κ3) is 5.40. The zero-order valence-electron chi connectivity index (χ0n) is 26.1. The summed E-state index contributed by atoms with van der Waals surface area (Å²) in [7, 11) is 2.14. The number of phenolic OH excluding ortho intramolecular Hbond substituents is 1. The number of phenols is 1. The van der Waals surface area contributed by atoms with Crippen LogP contribution in [-0.2, 0) is 11.3 Å². The van der Waals surface area contributed by atoms with Crippen LogP contribution in [-0.4, -0.2) is 92.0 Å². The van der Waals surface area contributed by atoms with Gasteiger partial charge in [0.15, 0.2) is 0 Å². The van der Waals surface area contributed by atoms with Gasteiger partial charge in [0.2, 0.25) is 5.91 Å². The smallest absolute Gasteiger partial charge is 0.319 e. The van der Waals surface area contributed by atoms with E-state index in [4.69, 9.17) is 14.7 Å². The molecule has 0 saturated carbocycles. The van der Waals surface area contributed by atoms with Crippen LogP contribution in [0.1, 0.15) is 32.1 Å². The van der Waals surface area contributed by atoms with Gasteiger partial charge in [-0.15, -0.1) is 0 Å². The molecule has 0 unspecified atom stereocenters. The monoisotopic (exact) mass is 617 g/mol. The van der Waals surface area contributed by atoms with E-state index >= 15 is 0 Å². The Hall–Kier alpha value is -4.70. The predicted octanol–water partition coefficient (Wildman–Crippen LogP) is 5.10. The number of fused-ring (bicyclic) bond motifs is 4. The van der Waals surface area contributed by atoms with Gasteiger partial charge in [0.05, 0.1) is 5.52 Å². The number of piperazine rings is 1. The van der Waals surface area contributed by atoms with Crippen molar-refractivity contribution >= 4 is 33.4 Å². The number of amides is 1. The van der Waals surface area contributed by atoms with E-state index in [1.54, 1.807) is 12.3 Å². The molecule has 3 aromatic carbocycles. The number of likely N-dealkylation sites (tertiary alicyclic amines) is 1. The highest BCUT2D eigenvalue weighted by molar-refractivity contribution is 6.01. The molecule has 236 valence electrons. The lowest BCUT2D eigenvalue weighted by atomic mass is 9.97. The van der Waals surface area contributed by atoms with Crippen molar-refractivity contribution < 1.29 is 14.6 Å². The van der Waals surface area contributed by atoms with Gasteiger partial charge in [-0.2, -0.15) is 15.1 Å². The van der Waals surface area contributed by atoms with Crippen LogP contribution in [0.15, 0.2) is 73.1 Å². The topological polar surface area (TPSA) is 99.9 Å². The van der Waals surface area contributed by atoms with Gasteiger partial charge in [-0.25, -0.2) is 0 Å². The number of carbonyl (C=O) groups is 1. The first-order valence-electron chi connectivity index (χ1n) is 16.4. The fraction of sp³-hybridized carbons (Fsp3) is 0.389. The van der Waals surface area contributed by atoms with Crippen molar-refractivity contribution in [2.75, 3.05) is 38.2 Å². The van der Waals surface area contributed by atoms with Crippen LogP contribution >= 0.6 is 0 Å². The molecule has 1 amide bonds. The maximum Gasteiger partial charge on any atom is 0.319 e. The van der Waals surface area contributed by atoms with E-state index in [0.29, 0.717) is 31.6 Å². The molecule has 2 aromatic heterocycles. The lowest BCUT2D eigenvalue weighted by Crippen LogP contribution is -2.56. The van der Waals surface area contributed by atoms with Crippen molar-refractivity contribution in [3.63, 3.8) is 0 Å². The number of hydrogen-bond acceptors (Lipinski definition) is 8. The molecular weight excluding hydrogens is 578 g/mol. The SMILES string of the molecule is CN1CCC[C@H]1COc1nc(N2C[C@H]3CC[C@@H](C2)N3C(=O)CCn2cccn2)c2ccc(-c3cc(O)cc4ccccc34)cc2n1.